The van der Waals surface area contributed by atoms with Crippen molar-refractivity contribution in [2.45, 2.75) is 84.6 Å². The molecular formula is C30H39NO. The molecule has 0 unspecified atom stereocenters. The molecule has 2 aromatic carbocycles. The van der Waals surface area contributed by atoms with Crippen molar-refractivity contribution in [2.75, 3.05) is 0 Å². The van der Waals surface area contributed by atoms with Crippen LogP contribution in [0.1, 0.15) is 92.7 Å². The van der Waals surface area contributed by atoms with Crippen LogP contribution in [0.4, 0.5) is 0 Å². The molecule has 2 heteroatoms. The van der Waals surface area contributed by atoms with Gasteiger partial charge in [0.1, 0.15) is 0 Å². The monoisotopic (exact) mass is 429 g/mol. The van der Waals surface area contributed by atoms with Crippen molar-refractivity contribution in [3.8, 4) is 11.1 Å². The van der Waals surface area contributed by atoms with Crippen LogP contribution in [0.5, 0.6) is 0 Å². The van der Waals surface area contributed by atoms with Crippen molar-refractivity contribution in [3.05, 3.63) is 83.7 Å². The minimum atomic E-state index is 0.288. The Hall–Kier alpha value is -2.61. The first-order chi connectivity index (χ1) is 15.7. The Labute approximate surface area is 194 Å². The first-order valence-corrected chi connectivity index (χ1v) is 12.5. The summed E-state index contributed by atoms with van der Waals surface area (Å²) in [5.41, 5.74) is 5.43. The summed E-state index contributed by atoms with van der Waals surface area (Å²) in [6.45, 7) is 5.15. The smallest absolute Gasteiger partial charge is 0.165 e. The number of carbonyl (C=O) groups excluding carboxylic acids is 1. The predicted molar refractivity (Wildman–Crippen MR) is 136 cm³/mol. The molecule has 1 aromatic heterocycles. The van der Waals surface area contributed by atoms with Crippen LogP contribution >= 0.6 is 0 Å². The Morgan fingerprint density at radius 3 is 1.94 bits per heavy atom. The number of rotatable bonds is 14. The number of hydrogen-bond acceptors (Lipinski definition) is 1. The lowest BCUT2D eigenvalue weighted by Crippen LogP contribution is -2.05. The third-order valence-corrected chi connectivity index (χ3v) is 6.41. The summed E-state index contributed by atoms with van der Waals surface area (Å²) >= 11 is 0. The molecule has 0 spiro atoms. The fraction of sp³-hybridized carbons (Fsp3) is 0.433. The van der Waals surface area contributed by atoms with Gasteiger partial charge in [0.05, 0.1) is 0 Å². The van der Waals surface area contributed by atoms with E-state index in [-0.39, 0.29) is 5.78 Å². The molecule has 1 heterocycles. The van der Waals surface area contributed by atoms with Gasteiger partial charge in [-0.3, -0.25) is 4.79 Å². The van der Waals surface area contributed by atoms with Gasteiger partial charge in [-0.05, 0) is 24.5 Å². The average Bonchev–Trinajstić information content (AvgIpc) is 3.15. The Kier molecular flexibility index (Phi) is 9.81. The maximum Gasteiger partial charge on any atom is 0.165 e. The van der Waals surface area contributed by atoms with E-state index in [4.69, 9.17) is 0 Å². The number of Topliss-reactive ketones (excluding diaryl/α,β-unsaturated/α-hetero) is 1. The van der Waals surface area contributed by atoms with E-state index in [1.807, 2.05) is 24.3 Å². The van der Waals surface area contributed by atoms with Crippen LogP contribution < -0.4 is 0 Å². The van der Waals surface area contributed by atoms with Gasteiger partial charge in [-0.25, -0.2) is 0 Å². The Bertz CT molecular complexity index is 940. The van der Waals surface area contributed by atoms with E-state index in [9.17, 15) is 4.79 Å². The fourth-order valence-electron chi connectivity index (χ4n) is 4.51. The van der Waals surface area contributed by atoms with Gasteiger partial charge >= 0.3 is 0 Å². The summed E-state index contributed by atoms with van der Waals surface area (Å²) in [7, 11) is 0. The number of unbranched alkanes of at least 4 members (excludes halogenated alkanes) is 8. The van der Waals surface area contributed by atoms with Gasteiger partial charge in [0.2, 0.25) is 0 Å². The van der Waals surface area contributed by atoms with Crippen LogP contribution in [0.2, 0.25) is 0 Å². The topological polar surface area (TPSA) is 22.0 Å². The van der Waals surface area contributed by atoms with Gasteiger partial charge in [-0.15, -0.1) is 0 Å². The zero-order valence-electron chi connectivity index (χ0n) is 20.0. The second kappa shape index (κ2) is 13.1. The van der Waals surface area contributed by atoms with Crippen LogP contribution in [-0.4, -0.2) is 10.4 Å². The van der Waals surface area contributed by atoms with E-state index in [2.05, 4.69) is 61.0 Å². The Balaban J connectivity index is 1.64. The molecule has 0 aliphatic rings. The van der Waals surface area contributed by atoms with Gasteiger partial charge in [0, 0.05) is 36.0 Å². The summed E-state index contributed by atoms with van der Waals surface area (Å²) < 4.78 is 2.24. The summed E-state index contributed by atoms with van der Waals surface area (Å²) in [5.74, 6) is 0.288. The van der Waals surface area contributed by atoms with Gasteiger partial charge in [-0.1, -0.05) is 119 Å². The van der Waals surface area contributed by atoms with Crippen LogP contribution in [0, 0.1) is 6.92 Å². The lowest BCUT2D eigenvalue weighted by atomic mass is 9.97. The van der Waals surface area contributed by atoms with Crippen LogP contribution in [0.3, 0.4) is 0 Å². The summed E-state index contributed by atoms with van der Waals surface area (Å²) in [6, 6.07) is 20.8. The minimum Gasteiger partial charge on any atom is -0.346 e. The molecule has 0 saturated carbocycles. The molecule has 0 fully saturated rings. The molecule has 32 heavy (non-hydrogen) atoms. The lowest BCUT2D eigenvalue weighted by Gasteiger charge is -2.08. The molecule has 0 saturated heterocycles. The lowest BCUT2D eigenvalue weighted by molar-refractivity contribution is 0.0979. The predicted octanol–water partition coefficient (Wildman–Crippen LogP) is 8.62. The molecule has 0 aliphatic carbocycles. The van der Waals surface area contributed by atoms with Crippen molar-refractivity contribution in [1.29, 1.82) is 0 Å². The first kappa shape index (κ1) is 24.0. The standard InChI is InChI=1S/C30H39NO/c1-3-4-5-6-7-8-9-10-17-22-29(32)30-25(2)31(23-26-18-13-11-14-19-26)24-28(30)27-20-15-12-16-21-27/h11-16,18-21,24H,3-10,17,22-23H2,1-2H3. The molecule has 0 bridgehead atoms. The number of aromatic nitrogens is 1. The Morgan fingerprint density at radius 1 is 0.750 bits per heavy atom. The van der Waals surface area contributed by atoms with Crippen molar-refractivity contribution < 1.29 is 4.79 Å². The third-order valence-electron chi connectivity index (χ3n) is 6.41. The molecule has 3 aromatic rings. The number of nitrogens with zero attached hydrogens (tertiary/aromatic N) is 1. The molecular weight excluding hydrogens is 390 g/mol. The van der Waals surface area contributed by atoms with E-state index in [0.717, 1.165) is 41.8 Å². The highest BCUT2D eigenvalue weighted by Crippen LogP contribution is 2.30. The largest absolute Gasteiger partial charge is 0.346 e. The number of carbonyl (C=O) groups is 1. The first-order valence-electron chi connectivity index (χ1n) is 12.5. The SMILES string of the molecule is CCCCCCCCCCCC(=O)c1c(-c2ccccc2)cn(Cc2ccccc2)c1C. The van der Waals surface area contributed by atoms with Gasteiger partial charge in [-0.2, -0.15) is 0 Å². The molecule has 0 atom stereocenters. The highest BCUT2D eigenvalue weighted by Gasteiger charge is 2.20. The van der Waals surface area contributed by atoms with Gasteiger partial charge < -0.3 is 4.57 Å². The quantitative estimate of drug-likeness (QED) is 0.186. The Morgan fingerprint density at radius 2 is 1.31 bits per heavy atom. The van der Waals surface area contributed by atoms with Crippen molar-refractivity contribution in [2.24, 2.45) is 0 Å². The van der Waals surface area contributed by atoms with E-state index >= 15 is 0 Å². The summed E-state index contributed by atoms with van der Waals surface area (Å²) in [5, 5.41) is 0. The maximum absolute atomic E-state index is 13.3. The number of ketones is 1. The van der Waals surface area contributed by atoms with Crippen LogP contribution in [0.25, 0.3) is 11.1 Å². The third kappa shape index (κ3) is 6.95. The van der Waals surface area contributed by atoms with Crippen molar-refractivity contribution in [1.82, 2.24) is 4.57 Å². The number of benzene rings is 2. The van der Waals surface area contributed by atoms with E-state index in [1.165, 1.54) is 50.5 Å². The van der Waals surface area contributed by atoms with Crippen LogP contribution in [-0.2, 0) is 6.54 Å². The highest BCUT2D eigenvalue weighted by atomic mass is 16.1. The zero-order valence-corrected chi connectivity index (χ0v) is 20.0. The summed E-state index contributed by atoms with van der Waals surface area (Å²) in [6.07, 6.45) is 14.3. The van der Waals surface area contributed by atoms with Gasteiger partial charge in [0.25, 0.3) is 0 Å². The second-order valence-electron chi connectivity index (χ2n) is 8.98. The minimum absolute atomic E-state index is 0.288. The van der Waals surface area contributed by atoms with E-state index < -0.39 is 0 Å². The van der Waals surface area contributed by atoms with Gasteiger partial charge in [0.15, 0.2) is 5.78 Å². The number of hydrogen-bond donors (Lipinski definition) is 0. The van der Waals surface area contributed by atoms with Crippen molar-refractivity contribution >= 4 is 5.78 Å². The van der Waals surface area contributed by atoms with E-state index in [1.54, 1.807) is 0 Å². The highest BCUT2D eigenvalue weighted by molar-refractivity contribution is 6.03. The zero-order chi connectivity index (χ0) is 22.6. The molecule has 0 radical (unpaired) electrons. The molecule has 0 N–H and O–H groups in total. The normalized spacial score (nSPS) is 11.1. The molecule has 3 rings (SSSR count). The second-order valence-corrected chi connectivity index (χ2v) is 8.98. The van der Waals surface area contributed by atoms with E-state index in [0.29, 0.717) is 6.42 Å². The molecule has 170 valence electrons. The molecule has 0 amide bonds. The maximum atomic E-state index is 13.3. The molecule has 2 nitrogen and oxygen atoms in total. The average molecular weight is 430 g/mol. The fourth-order valence-corrected chi connectivity index (χ4v) is 4.51. The van der Waals surface area contributed by atoms with Crippen molar-refractivity contribution in [3.63, 3.8) is 0 Å². The van der Waals surface area contributed by atoms with Crippen LogP contribution in [0.15, 0.2) is 66.9 Å². The molecule has 0 aliphatic heterocycles. The summed E-state index contributed by atoms with van der Waals surface area (Å²) in [4.78, 5) is 13.3.